The Hall–Kier alpha value is -1.96. The first-order valence-electron chi connectivity index (χ1n) is 10.4. The SMILES string of the molecule is CCCCOC(CC(=O)O)(C(=O)O)C(CCCC)(CCCC)C(=O)OCC(C)=O. The minimum absolute atomic E-state index is 0.00999. The number of carboxylic acids is 2. The lowest BCUT2D eigenvalue weighted by atomic mass is 9.63. The first-order chi connectivity index (χ1) is 13.6. The van der Waals surface area contributed by atoms with Gasteiger partial charge in [-0.15, -0.1) is 0 Å². The normalized spacial score (nSPS) is 13.5. The number of Topliss-reactive ketones (excluding diaryl/α,β-unsaturated/α-hetero) is 1. The summed E-state index contributed by atoms with van der Waals surface area (Å²) in [5.74, 6) is -4.14. The van der Waals surface area contributed by atoms with Gasteiger partial charge in [-0.05, 0) is 26.2 Å². The number of unbranched alkanes of at least 4 members (excludes halogenated alkanes) is 3. The highest BCUT2D eigenvalue weighted by Gasteiger charge is 2.63. The van der Waals surface area contributed by atoms with Gasteiger partial charge >= 0.3 is 17.9 Å². The van der Waals surface area contributed by atoms with Crippen LogP contribution in [-0.4, -0.2) is 52.7 Å². The van der Waals surface area contributed by atoms with Crippen molar-refractivity contribution in [3.05, 3.63) is 0 Å². The maximum Gasteiger partial charge on any atom is 0.337 e. The number of esters is 1. The lowest BCUT2D eigenvalue weighted by Crippen LogP contribution is -2.61. The van der Waals surface area contributed by atoms with Crippen LogP contribution in [0.5, 0.6) is 0 Å². The van der Waals surface area contributed by atoms with Crippen LogP contribution in [0, 0.1) is 5.41 Å². The smallest absolute Gasteiger partial charge is 0.337 e. The summed E-state index contributed by atoms with van der Waals surface area (Å²) < 4.78 is 10.9. The summed E-state index contributed by atoms with van der Waals surface area (Å²) >= 11 is 0. The van der Waals surface area contributed by atoms with Crippen LogP contribution < -0.4 is 0 Å². The molecule has 0 radical (unpaired) electrons. The molecule has 8 heteroatoms. The minimum Gasteiger partial charge on any atom is -0.481 e. The molecule has 0 bridgehead atoms. The van der Waals surface area contributed by atoms with Crippen molar-refractivity contribution in [3.8, 4) is 0 Å². The second-order valence-corrected chi connectivity index (χ2v) is 7.47. The second kappa shape index (κ2) is 13.3. The van der Waals surface area contributed by atoms with E-state index >= 15 is 0 Å². The van der Waals surface area contributed by atoms with Crippen molar-refractivity contribution >= 4 is 23.7 Å². The Morgan fingerprint density at radius 2 is 1.38 bits per heavy atom. The van der Waals surface area contributed by atoms with E-state index in [4.69, 9.17) is 9.47 Å². The summed E-state index contributed by atoms with van der Waals surface area (Å²) in [6.45, 7) is 6.46. The zero-order valence-corrected chi connectivity index (χ0v) is 18.1. The van der Waals surface area contributed by atoms with Gasteiger partial charge in [0, 0.05) is 6.61 Å². The Morgan fingerprint density at radius 3 is 1.76 bits per heavy atom. The number of ether oxygens (including phenoxy) is 2. The molecule has 0 aliphatic rings. The van der Waals surface area contributed by atoms with Gasteiger partial charge < -0.3 is 19.7 Å². The first-order valence-corrected chi connectivity index (χ1v) is 10.4. The number of hydrogen-bond donors (Lipinski definition) is 2. The summed E-state index contributed by atoms with van der Waals surface area (Å²) in [6, 6.07) is 0. The number of hydrogen-bond acceptors (Lipinski definition) is 6. The van der Waals surface area contributed by atoms with Crippen molar-refractivity contribution in [1.82, 2.24) is 0 Å². The number of carboxylic acid groups (broad SMARTS) is 2. The summed E-state index contributed by atoms with van der Waals surface area (Å²) in [5, 5.41) is 19.7. The van der Waals surface area contributed by atoms with Crippen LogP contribution in [-0.2, 0) is 28.7 Å². The summed E-state index contributed by atoms with van der Waals surface area (Å²) in [5.41, 5.74) is -3.97. The highest BCUT2D eigenvalue weighted by atomic mass is 16.6. The Morgan fingerprint density at radius 1 is 0.862 bits per heavy atom. The third-order valence-corrected chi connectivity index (χ3v) is 5.08. The van der Waals surface area contributed by atoms with Gasteiger partial charge in [0.2, 0.25) is 0 Å². The van der Waals surface area contributed by atoms with E-state index in [1.54, 1.807) is 0 Å². The van der Waals surface area contributed by atoms with Crippen LogP contribution in [0.25, 0.3) is 0 Å². The van der Waals surface area contributed by atoms with Crippen molar-refractivity contribution in [2.45, 2.75) is 91.1 Å². The van der Waals surface area contributed by atoms with Gasteiger partial charge in [-0.25, -0.2) is 4.79 Å². The maximum atomic E-state index is 13.2. The Bertz CT molecular complexity index is 549. The predicted molar refractivity (Wildman–Crippen MR) is 107 cm³/mol. The molecule has 0 aliphatic heterocycles. The standard InChI is InChI=1S/C21H36O8/c1-5-8-11-20(12-9-6-2,19(27)28-15-16(4)22)21(18(25)26,14-17(23)24)29-13-10-7-3/h5-15H2,1-4H3,(H,23,24)(H,25,26). The molecule has 0 amide bonds. The molecule has 0 heterocycles. The molecule has 0 fully saturated rings. The molecule has 0 saturated carbocycles. The van der Waals surface area contributed by atoms with E-state index in [9.17, 15) is 29.4 Å². The molecule has 0 aromatic heterocycles. The van der Waals surface area contributed by atoms with Crippen LogP contribution >= 0.6 is 0 Å². The minimum atomic E-state index is -2.27. The molecular weight excluding hydrogens is 380 g/mol. The number of rotatable bonds is 17. The molecule has 168 valence electrons. The summed E-state index contributed by atoms with van der Waals surface area (Å²) in [4.78, 5) is 48.8. The van der Waals surface area contributed by atoms with E-state index in [-0.39, 0.29) is 25.2 Å². The van der Waals surface area contributed by atoms with Crippen molar-refractivity contribution in [2.24, 2.45) is 5.41 Å². The van der Waals surface area contributed by atoms with Gasteiger partial charge in [0.05, 0.1) is 6.42 Å². The molecule has 0 rings (SSSR count). The molecule has 2 N–H and O–H groups in total. The van der Waals surface area contributed by atoms with E-state index in [2.05, 4.69) is 0 Å². The van der Waals surface area contributed by atoms with Gasteiger partial charge in [-0.2, -0.15) is 0 Å². The van der Waals surface area contributed by atoms with E-state index in [0.717, 1.165) is 0 Å². The first kappa shape index (κ1) is 27.0. The topological polar surface area (TPSA) is 127 Å². The van der Waals surface area contributed by atoms with Crippen molar-refractivity contribution in [3.63, 3.8) is 0 Å². The monoisotopic (exact) mass is 416 g/mol. The van der Waals surface area contributed by atoms with Crippen molar-refractivity contribution in [1.29, 1.82) is 0 Å². The third-order valence-electron chi connectivity index (χ3n) is 5.08. The lowest BCUT2D eigenvalue weighted by molar-refractivity contribution is -0.210. The van der Waals surface area contributed by atoms with Crippen molar-refractivity contribution < 1.29 is 38.9 Å². The van der Waals surface area contributed by atoms with Crippen LogP contribution in [0.2, 0.25) is 0 Å². The summed E-state index contributed by atoms with van der Waals surface area (Å²) in [7, 11) is 0. The molecular formula is C21H36O8. The molecule has 0 spiro atoms. The highest BCUT2D eigenvalue weighted by molar-refractivity contribution is 5.93. The van der Waals surface area contributed by atoms with E-state index in [1.165, 1.54) is 6.92 Å². The Labute approximate surface area is 172 Å². The Kier molecular flexibility index (Phi) is 12.4. The largest absolute Gasteiger partial charge is 0.481 e. The third kappa shape index (κ3) is 7.42. The molecule has 8 nitrogen and oxygen atoms in total. The lowest BCUT2D eigenvalue weighted by Gasteiger charge is -2.45. The number of ketones is 1. The number of carbonyl (C=O) groups excluding carboxylic acids is 2. The molecule has 1 unspecified atom stereocenters. The van der Waals surface area contributed by atoms with Crippen LogP contribution in [0.4, 0.5) is 0 Å². The Balaban J connectivity index is 6.56. The number of aliphatic carboxylic acids is 2. The zero-order chi connectivity index (χ0) is 22.5. The van der Waals surface area contributed by atoms with E-state index in [1.807, 2.05) is 20.8 Å². The highest BCUT2D eigenvalue weighted by Crippen LogP contribution is 2.47. The van der Waals surface area contributed by atoms with Gasteiger partial charge in [0.1, 0.15) is 12.0 Å². The van der Waals surface area contributed by atoms with E-state index < -0.39 is 42.0 Å². The molecule has 0 aromatic carbocycles. The number of carbonyl (C=O) groups is 4. The predicted octanol–water partition coefficient (Wildman–Crippen LogP) is 3.60. The molecule has 0 aromatic rings. The van der Waals surface area contributed by atoms with Gasteiger partial charge in [-0.1, -0.05) is 52.9 Å². The average molecular weight is 417 g/mol. The fourth-order valence-electron chi connectivity index (χ4n) is 3.46. The van der Waals surface area contributed by atoms with E-state index in [0.29, 0.717) is 38.5 Å². The van der Waals surface area contributed by atoms with Gasteiger partial charge in [-0.3, -0.25) is 14.4 Å². The fourth-order valence-corrected chi connectivity index (χ4v) is 3.46. The maximum absolute atomic E-state index is 13.2. The molecule has 29 heavy (non-hydrogen) atoms. The molecule has 0 aliphatic carbocycles. The molecule has 1 atom stereocenters. The fraction of sp³-hybridized carbons (Fsp3) is 0.810. The average Bonchev–Trinajstić information content (AvgIpc) is 2.65. The van der Waals surface area contributed by atoms with Crippen LogP contribution in [0.15, 0.2) is 0 Å². The summed E-state index contributed by atoms with van der Waals surface area (Å²) in [6.07, 6.45) is 2.91. The van der Waals surface area contributed by atoms with Gasteiger partial charge in [0.25, 0.3) is 0 Å². The van der Waals surface area contributed by atoms with Gasteiger partial charge in [0.15, 0.2) is 11.4 Å². The van der Waals surface area contributed by atoms with Crippen LogP contribution in [0.1, 0.15) is 85.5 Å². The second-order valence-electron chi connectivity index (χ2n) is 7.47. The molecule has 0 saturated heterocycles. The van der Waals surface area contributed by atoms with Crippen molar-refractivity contribution in [2.75, 3.05) is 13.2 Å². The quantitative estimate of drug-likeness (QED) is 0.272. The van der Waals surface area contributed by atoms with Crippen LogP contribution in [0.3, 0.4) is 0 Å². The zero-order valence-electron chi connectivity index (χ0n) is 18.1.